The van der Waals surface area contributed by atoms with Crippen LogP contribution in [0, 0.1) is 0 Å². The van der Waals surface area contributed by atoms with Crippen molar-refractivity contribution in [3.63, 3.8) is 0 Å². The van der Waals surface area contributed by atoms with Crippen molar-refractivity contribution in [2.75, 3.05) is 7.11 Å². The molecule has 0 bridgehead atoms. The summed E-state index contributed by atoms with van der Waals surface area (Å²) in [7, 11) is 1.62. The molecule has 20 heavy (non-hydrogen) atoms. The zero-order valence-electron chi connectivity index (χ0n) is 11.9. The molecule has 0 amide bonds. The van der Waals surface area contributed by atoms with Crippen LogP contribution in [0.25, 0.3) is 0 Å². The summed E-state index contributed by atoms with van der Waals surface area (Å²) in [6.45, 7) is 4.12. The first-order valence-corrected chi connectivity index (χ1v) is 6.88. The first-order valence-electron chi connectivity index (χ1n) is 6.50. The molecule has 1 aromatic carbocycles. The molecule has 0 aliphatic heterocycles. The van der Waals surface area contributed by atoms with Gasteiger partial charge in [-0.2, -0.15) is 5.10 Å². The molecule has 1 atom stereocenters. The van der Waals surface area contributed by atoms with E-state index >= 15 is 0 Å². The van der Waals surface area contributed by atoms with Crippen molar-refractivity contribution >= 4 is 11.6 Å². The Morgan fingerprint density at radius 3 is 2.80 bits per heavy atom. The van der Waals surface area contributed by atoms with E-state index in [0.29, 0.717) is 11.4 Å². The van der Waals surface area contributed by atoms with Gasteiger partial charge < -0.3 is 10.5 Å². The molecule has 108 valence electrons. The second-order valence-electron chi connectivity index (χ2n) is 4.91. The van der Waals surface area contributed by atoms with Crippen molar-refractivity contribution in [3.8, 4) is 5.75 Å². The topological polar surface area (TPSA) is 66.0 Å². The van der Waals surface area contributed by atoms with Gasteiger partial charge in [-0.25, -0.2) is 9.67 Å². The van der Waals surface area contributed by atoms with Gasteiger partial charge in [-0.1, -0.05) is 11.6 Å². The van der Waals surface area contributed by atoms with Gasteiger partial charge in [0, 0.05) is 29.1 Å². The molecule has 0 fully saturated rings. The number of benzene rings is 1. The summed E-state index contributed by atoms with van der Waals surface area (Å²) in [6, 6.07) is 5.45. The normalized spacial score (nSPS) is 12.7. The molecule has 0 aliphatic rings. The van der Waals surface area contributed by atoms with Crippen molar-refractivity contribution in [2.24, 2.45) is 5.73 Å². The molecule has 0 saturated heterocycles. The van der Waals surface area contributed by atoms with E-state index in [0.717, 1.165) is 17.1 Å². The standard InChI is InChI=1S/C14H19ClN4O/c1-9(2)19-14(17-8-18-19)7-12(16)11-6-10(15)4-5-13(11)20-3/h4-6,8-9,12H,7,16H2,1-3H3. The summed E-state index contributed by atoms with van der Waals surface area (Å²) >= 11 is 6.04. The molecule has 2 N–H and O–H groups in total. The average molecular weight is 295 g/mol. The van der Waals surface area contributed by atoms with Crippen LogP contribution in [0.15, 0.2) is 24.5 Å². The Morgan fingerprint density at radius 1 is 1.40 bits per heavy atom. The second kappa shape index (κ2) is 6.24. The summed E-state index contributed by atoms with van der Waals surface area (Å²) < 4.78 is 7.21. The summed E-state index contributed by atoms with van der Waals surface area (Å²) in [4.78, 5) is 4.28. The molecular formula is C14H19ClN4O. The zero-order chi connectivity index (χ0) is 14.7. The zero-order valence-corrected chi connectivity index (χ0v) is 12.6. The highest BCUT2D eigenvalue weighted by Crippen LogP contribution is 2.28. The summed E-state index contributed by atoms with van der Waals surface area (Å²) in [5, 5.41) is 4.86. The van der Waals surface area contributed by atoms with Gasteiger partial charge in [0.1, 0.15) is 17.9 Å². The number of hydrogen-bond acceptors (Lipinski definition) is 4. The number of nitrogens with zero attached hydrogens (tertiary/aromatic N) is 3. The van der Waals surface area contributed by atoms with Crippen LogP contribution in [0.2, 0.25) is 5.02 Å². The molecule has 0 aliphatic carbocycles. The van der Waals surface area contributed by atoms with Gasteiger partial charge in [0.2, 0.25) is 0 Å². The smallest absolute Gasteiger partial charge is 0.138 e. The molecule has 6 heteroatoms. The van der Waals surface area contributed by atoms with Crippen LogP contribution >= 0.6 is 11.6 Å². The van der Waals surface area contributed by atoms with Gasteiger partial charge in [-0.05, 0) is 32.0 Å². The van der Waals surface area contributed by atoms with Crippen LogP contribution < -0.4 is 10.5 Å². The van der Waals surface area contributed by atoms with E-state index in [1.165, 1.54) is 0 Å². The molecule has 2 aromatic rings. The van der Waals surface area contributed by atoms with Crippen LogP contribution in [0.5, 0.6) is 5.75 Å². The first-order chi connectivity index (χ1) is 9.52. The van der Waals surface area contributed by atoms with E-state index in [2.05, 4.69) is 23.9 Å². The third-order valence-corrected chi connectivity index (χ3v) is 3.37. The van der Waals surface area contributed by atoms with Crippen LogP contribution in [0.3, 0.4) is 0 Å². The third-order valence-electron chi connectivity index (χ3n) is 3.13. The van der Waals surface area contributed by atoms with Gasteiger partial charge in [0.05, 0.1) is 7.11 Å². The van der Waals surface area contributed by atoms with Gasteiger partial charge in [0.25, 0.3) is 0 Å². The average Bonchev–Trinajstić information content (AvgIpc) is 2.87. The molecule has 1 unspecified atom stereocenters. The Bertz CT molecular complexity index is 582. The predicted octanol–water partition coefficient (Wildman–Crippen LogP) is 2.76. The van der Waals surface area contributed by atoms with Crippen molar-refractivity contribution in [3.05, 3.63) is 40.9 Å². The van der Waals surface area contributed by atoms with Gasteiger partial charge in [-0.3, -0.25) is 0 Å². The van der Waals surface area contributed by atoms with E-state index in [1.54, 1.807) is 19.5 Å². The molecule has 1 aromatic heterocycles. The minimum absolute atomic E-state index is 0.245. The minimum atomic E-state index is -0.245. The maximum atomic E-state index is 6.28. The van der Waals surface area contributed by atoms with Crippen LogP contribution in [0.4, 0.5) is 0 Å². The lowest BCUT2D eigenvalue weighted by molar-refractivity contribution is 0.404. The lowest BCUT2D eigenvalue weighted by atomic mass is 10.0. The first kappa shape index (κ1) is 14.8. The highest BCUT2D eigenvalue weighted by molar-refractivity contribution is 6.30. The summed E-state index contributed by atoms with van der Waals surface area (Å²) in [5.41, 5.74) is 7.15. The van der Waals surface area contributed by atoms with E-state index in [1.807, 2.05) is 16.8 Å². The van der Waals surface area contributed by atoms with Crippen molar-refractivity contribution < 1.29 is 4.74 Å². The monoisotopic (exact) mass is 294 g/mol. The molecule has 5 nitrogen and oxygen atoms in total. The number of rotatable bonds is 5. The Balaban J connectivity index is 2.26. The lowest BCUT2D eigenvalue weighted by Gasteiger charge is -2.17. The Morgan fingerprint density at radius 2 is 2.15 bits per heavy atom. The van der Waals surface area contributed by atoms with Crippen molar-refractivity contribution in [2.45, 2.75) is 32.4 Å². The largest absolute Gasteiger partial charge is 0.496 e. The fraction of sp³-hybridized carbons (Fsp3) is 0.429. The molecule has 1 heterocycles. The number of halogens is 1. The van der Waals surface area contributed by atoms with E-state index in [9.17, 15) is 0 Å². The number of ether oxygens (including phenoxy) is 1. The summed E-state index contributed by atoms with van der Waals surface area (Å²) in [6.07, 6.45) is 2.13. The Labute approximate surface area is 123 Å². The maximum Gasteiger partial charge on any atom is 0.138 e. The quantitative estimate of drug-likeness (QED) is 0.921. The van der Waals surface area contributed by atoms with Crippen molar-refractivity contribution in [1.82, 2.24) is 14.8 Å². The fourth-order valence-electron chi connectivity index (χ4n) is 2.15. The van der Waals surface area contributed by atoms with Crippen molar-refractivity contribution in [1.29, 1.82) is 0 Å². The van der Waals surface area contributed by atoms with Crippen LogP contribution in [-0.2, 0) is 6.42 Å². The Hall–Kier alpha value is -1.59. The van der Waals surface area contributed by atoms with E-state index in [4.69, 9.17) is 22.1 Å². The highest BCUT2D eigenvalue weighted by atomic mass is 35.5. The third kappa shape index (κ3) is 3.11. The molecule has 0 spiro atoms. The SMILES string of the molecule is COc1ccc(Cl)cc1C(N)Cc1ncnn1C(C)C. The number of hydrogen-bond donors (Lipinski definition) is 1. The second-order valence-corrected chi connectivity index (χ2v) is 5.35. The van der Waals surface area contributed by atoms with Gasteiger partial charge in [0.15, 0.2) is 0 Å². The summed E-state index contributed by atoms with van der Waals surface area (Å²) in [5.74, 6) is 1.59. The number of methoxy groups -OCH3 is 1. The lowest BCUT2D eigenvalue weighted by Crippen LogP contribution is -2.18. The predicted molar refractivity (Wildman–Crippen MR) is 79.0 cm³/mol. The van der Waals surface area contributed by atoms with E-state index < -0.39 is 0 Å². The molecule has 2 rings (SSSR count). The van der Waals surface area contributed by atoms with Gasteiger partial charge in [-0.15, -0.1) is 0 Å². The van der Waals surface area contributed by atoms with Gasteiger partial charge >= 0.3 is 0 Å². The number of aromatic nitrogens is 3. The number of nitrogens with two attached hydrogens (primary N) is 1. The Kier molecular flexibility index (Phi) is 4.62. The van der Waals surface area contributed by atoms with Crippen LogP contribution in [0.1, 0.15) is 37.3 Å². The maximum absolute atomic E-state index is 6.28. The van der Waals surface area contributed by atoms with E-state index in [-0.39, 0.29) is 12.1 Å². The fourth-order valence-corrected chi connectivity index (χ4v) is 2.33. The molecule has 0 radical (unpaired) electrons. The molecule has 0 saturated carbocycles. The highest BCUT2D eigenvalue weighted by Gasteiger charge is 2.17. The van der Waals surface area contributed by atoms with Crippen LogP contribution in [-0.4, -0.2) is 21.9 Å². The minimum Gasteiger partial charge on any atom is -0.496 e. The molecular weight excluding hydrogens is 276 g/mol.